The highest BCUT2D eigenvalue weighted by Crippen LogP contribution is 2.71. The summed E-state index contributed by atoms with van der Waals surface area (Å²) in [6.07, 6.45) is 12.2. The Bertz CT molecular complexity index is 984. The Morgan fingerprint density at radius 1 is 1.18 bits per heavy atom. The molecule has 4 heteroatoms. The average molecular weight is 469 g/mol. The first-order chi connectivity index (χ1) is 15.7. The summed E-state index contributed by atoms with van der Waals surface area (Å²) in [6, 6.07) is 0. The minimum Gasteiger partial charge on any atom is -0.478 e. The molecule has 4 rings (SSSR count). The molecule has 0 amide bonds. The lowest BCUT2D eigenvalue weighted by atomic mass is 9.44. The molecule has 7 atom stereocenters. The van der Waals surface area contributed by atoms with Crippen molar-refractivity contribution in [3.05, 3.63) is 34.9 Å². The molecule has 2 N–H and O–H groups in total. The molecular formula is C30H44O4. The molecule has 0 saturated heterocycles. The highest BCUT2D eigenvalue weighted by Gasteiger charge is 2.65. The number of carboxylic acids is 1. The van der Waals surface area contributed by atoms with E-state index in [0.29, 0.717) is 29.6 Å². The molecule has 188 valence electrons. The number of Topliss-reactive ketones (excluding diaryl/α,β-unsaturated/α-hetero) is 1. The van der Waals surface area contributed by atoms with Gasteiger partial charge in [-0.05, 0) is 79.8 Å². The molecule has 0 radical (unpaired) electrons. The average Bonchev–Trinajstić information content (AvgIpc) is 3.05. The van der Waals surface area contributed by atoms with Gasteiger partial charge < -0.3 is 10.2 Å². The molecule has 0 aromatic rings. The lowest BCUT2D eigenvalue weighted by molar-refractivity contribution is -0.138. The van der Waals surface area contributed by atoms with Crippen LogP contribution < -0.4 is 0 Å². The number of allylic oxidation sites excluding steroid dienone is 4. The van der Waals surface area contributed by atoms with Crippen molar-refractivity contribution in [2.75, 3.05) is 0 Å². The van der Waals surface area contributed by atoms with Crippen LogP contribution in [-0.4, -0.2) is 28.1 Å². The number of fused-ring (bicyclic) bond motifs is 5. The highest BCUT2D eigenvalue weighted by molar-refractivity contribution is 5.86. The van der Waals surface area contributed by atoms with Crippen molar-refractivity contribution < 1.29 is 19.8 Å². The summed E-state index contributed by atoms with van der Waals surface area (Å²) < 4.78 is 0. The molecule has 0 aromatic heterocycles. The summed E-state index contributed by atoms with van der Waals surface area (Å²) in [4.78, 5) is 23.9. The Balaban J connectivity index is 1.67. The molecule has 0 aromatic carbocycles. The van der Waals surface area contributed by atoms with Crippen LogP contribution in [0.3, 0.4) is 0 Å². The van der Waals surface area contributed by atoms with E-state index in [1.807, 2.05) is 6.08 Å². The Morgan fingerprint density at radius 2 is 1.85 bits per heavy atom. The zero-order valence-corrected chi connectivity index (χ0v) is 22.2. The monoisotopic (exact) mass is 468 g/mol. The van der Waals surface area contributed by atoms with Gasteiger partial charge in [0.15, 0.2) is 0 Å². The predicted molar refractivity (Wildman–Crippen MR) is 135 cm³/mol. The molecule has 2 saturated carbocycles. The third-order valence-corrected chi connectivity index (χ3v) is 11.2. The topological polar surface area (TPSA) is 74.6 Å². The fourth-order valence-electron chi connectivity index (χ4n) is 8.64. The Hall–Kier alpha value is -1.68. The standard InChI is InChI=1S/C30H44O4/c1-18(9-8-10-19(2)26(33)34)20-13-16-29(6)21-11-12-23-27(3,4)24(31)14-15-28(23,5)22(21)17-25(32)30(20,29)7/h10-11,17-18,20,23,25,32H,8-9,12-16H2,1-7H3,(H,33,34)/b19-10-/t18-,20-,23+,25-,28-,29+,30+/m1/s1. The van der Waals surface area contributed by atoms with Crippen molar-refractivity contribution in [2.45, 2.75) is 99.5 Å². The van der Waals surface area contributed by atoms with Crippen LogP contribution in [0.25, 0.3) is 0 Å². The van der Waals surface area contributed by atoms with E-state index in [2.05, 4.69) is 53.7 Å². The number of ketones is 1. The molecule has 4 aliphatic rings. The van der Waals surface area contributed by atoms with Crippen LogP contribution in [0.4, 0.5) is 0 Å². The van der Waals surface area contributed by atoms with Crippen molar-refractivity contribution in [2.24, 2.45) is 39.4 Å². The first kappa shape index (κ1) is 25.4. The van der Waals surface area contributed by atoms with Gasteiger partial charge in [0, 0.05) is 28.2 Å². The molecule has 4 nitrogen and oxygen atoms in total. The second-order valence-corrected chi connectivity index (χ2v) is 13.0. The SMILES string of the molecule is C/C(=C/CC[C@@H](C)[C@H]1CC[C@@]2(C)C3=CC[C@H]4C(C)(C)C(=O)CC[C@]4(C)C3=C[C@@H](O)[C@]12C)C(=O)O. The fourth-order valence-corrected chi connectivity index (χ4v) is 8.64. The maximum absolute atomic E-state index is 12.8. The van der Waals surface area contributed by atoms with Crippen molar-refractivity contribution in [3.8, 4) is 0 Å². The number of carboxylic acid groups (broad SMARTS) is 1. The third-order valence-electron chi connectivity index (χ3n) is 11.2. The van der Waals surface area contributed by atoms with E-state index in [4.69, 9.17) is 5.11 Å². The number of hydrogen-bond acceptors (Lipinski definition) is 3. The van der Waals surface area contributed by atoms with Crippen LogP contribution in [0.1, 0.15) is 93.4 Å². The van der Waals surface area contributed by atoms with Crippen LogP contribution in [0.15, 0.2) is 34.9 Å². The largest absolute Gasteiger partial charge is 0.478 e. The van der Waals surface area contributed by atoms with Crippen LogP contribution in [0.5, 0.6) is 0 Å². The second-order valence-electron chi connectivity index (χ2n) is 13.0. The maximum Gasteiger partial charge on any atom is 0.330 e. The molecular weight excluding hydrogens is 424 g/mol. The number of aliphatic carboxylic acids is 1. The van der Waals surface area contributed by atoms with Gasteiger partial charge in [-0.25, -0.2) is 4.79 Å². The quantitative estimate of drug-likeness (QED) is 0.452. The second kappa shape index (κ2) is 8.18. The Morgan fingerprint density at radius 3 is 2.50 bits per heavy atom. The number of carbonyl (C=O) groups excluding carboxylic acids is 1. The molecule has 34 heavy (non-hydrogen) atoms. The van der Waals surface area contributed by atoms with E-state index in [1.54, 1.807) is 6.92 Å². The van der Waals surface area contributed by atoms with E-state index >= 15 is 0 Å². The first-order valence-corrected chi connectivity index (χ1v) is 13.3. The normalized spacial score (nSPS) is 42.2. The van der Waals surface area contributed by atoms with Crippen molar-refractivity contribution in [1.29, 1.82) is 0 Å². The number of aliphatic hydroxyl groups excluding tert-OH is 1. The Labute approximate surface area is 205 Å². The molecule has 4 aliphatic carbocycles. The predicted octanol–water partition coefficient (Wildman–Crippen LogP) is 6.50. The van der Waals surface area contributed by atoms with Gasteiger partial charge in [-0.1, -0.05) is 59.8 Å². The highest BCUT2D eigenvalue weighted by atomic mass is 16.4. The summed E-state index contributed by atoms with van der Waals surface area (Å²) in [7, 11) is 0. The number of hydrogen-bond donors (Lipinski definition) is 2. The Kier molecular flexibility index (Phi) is 6.12. The van der Waals surface area contributed by atoms with Crippen LogP contribution in [-0.2, 0) is 9.59 Å². The lowest BCUT2D eigenvalue weighted by Gasteiger charge is -2.60. The summed E-state index contributed by atoms with van der Waals surface area (Å²) in [6.45, 7) is 15.2. The molecule has 0 spiro atoms. The number of rotatable bonds is 5. The van der Waals surface area contributed by atoms with Gasteiger partial charge >= 0.3 is 5.97 Å². The fraction of sp³-hybridized carbons (Fsp3) is 0.733. The van der Waals surface area contributed by atoms with E-state index in [9.17, 15) is 14.7 Å². The van der Waals surface area contributed by atoms with E-state index < -0.39 is 12.1 Å². The van der Waals surface area contributed by atoms with Gasteiger partial charge in [-0.2, -0.15) is 0 Å². The summed E-state index contributed by atoms with van der Waals surface area (Å²) >= 11 is 0. The molecule has 2 fully saturated rings. The van der Waals surface area contributed by atoms with E-state index in [1.165, 1.54) is 11.1 Å². The van der Waals surface area contributed by atoms with E-state index in [-0.39, 0.29) is 27.6 Å². The van der Waals surface area contributed by atoms with Gasteiger partial charge in [-0.15, -0.1) is 0 Å². The third kappa shape index (κ3) is 3.34. The maximum atomic E-state index is 12.8. The summed E-state index contributed by atoms with van der Waals surface area (Å²) in [5.41, 5.74) is 2.39. The van der Waals surface area contributed by atoms with Gasteiger partial charge in [0.2, 0.25) is 0 Å². The minimum atomic E-state index is -0.850. The van der Waals surface area contributed by atoms with Crippen molar-refractivity contribution in [3.63, 3.8) is 0 Å². The van der Waals surface area contributed by atoms with E-state index in [0.717, 1.165) is 38.5 Å². The molecule has 0 heterocycles. The minimum absolute atomic E-state index is 0.0737. The summed E-state index contributed by atoms with van der Waals surface area (Å²) in [5, 5.41) is 20.9. The molecule has 0 bridgehead atoms. The smallest absolute Gasteiger partial charge is 0.330 e. The molecule has 0 aliphatic heterocycles. The first-order valence-electron chi connectivity index (χ1n) is 13.3. The van der Waals surface area contributed by atoms with Gasteiger partial charge in [0.25, 0.3) is 0 Å². The van der Waals surface area contributed by atoms with Crippen molar-refractivity contribution >= 4 is 11.8 Å². The molecule has 0 unspecified atom stereocenters. The van der Waals surface area contributed by atoms with Crippen LogP contribution in [0, 0.1) is 39.4 Å². The van der Waals surface area contributed by atoms with Gasteiger partial charge in [0.1, 0.15) is 5.78 Å². The number of carbonyl (C=O) groups is 2. The lowest BCUT2D eigenvalue weighted by Crippen LogP contribution is -2.56. The summed E-state index contributed by atoms with van der Waals surface area (Å²) in [5.74, 6) is 0.572. The van der Waals surface area contributed by atoms with Crippen LogP contribution >= 0.6 is 0 Å². The van der Waals surface area contributed by atoms with Crippen molar-refractivity contribution in [1.82, 2.24) is 0 Å². The van der Waals surface area contributed by atoms with Crippen LogP contribution in [0.2, 0.25) is 0 Å². The number of aliphatic hydroxyl groups is 1. The van der Waals surface area contributed by atoms with Gasteiger partial charge in [-0.3, -0.25) is 4.79 Å². The van der Waals surface area contributed by atoms with Gasteiger partial charge in [0.05, 0.1) is 6.10 Å². The zero-order valence-electron chi connectivity index (χ0n) is 22.2. The zero-order chi connectivity index (χ0) is 25.3.